The predicted molar refractivity (Wildman–Crippen MR) is 287 cm³/mol. The highest BCUT2D eigenvalue weighted by Crippen LogP contribution is 2.60. The maximum Gasteiger partial charge on any atom is 0.481 e. The second-order valence-electron chi connectivity index (χ2n) is 19.6. The number of hydrogen-bond acceptors (Lipinski definition) is 17. The number of phosphoric acid groups is 2. The molecule has 1 fully saturated rings. The third-order valence-electron chi connectivity index (χ3n) is 13.0. The molecule has 10 atom stereocenters. The Hall–Kier alpha value is -3.10. The van der Waals surface area contributed by atoms with Gasteiger partial charge in [-0.05, 0) is 63.4 Å². The maximum absolute atomic E-state index is 12.9. The molecule has 0 bridgehead atoms. The molecule has 8 N–H and O–H groups in total. The molecule has 0 aromatic carbocycles. The van der Waals surface area contributed by atoms with E-state index in [1.54, 1.807) is 6.08 Å². The summed E-state index contributed by atoms with van der Waals surface area (Å²) in [6.07, 6.45) is 28.0. The molecule has 432 valence electrons. The number of nitrogens with two attached hydrogens (primary N) is 1. The van der Waals surface area contributed by atoms with Crippen LogP contribution in [0.4, 0.5) is 5.82 Å². The van der Waals surface area contributed by atoms with Gasteiger partial charge in [-0.3, -0.25) is 23.2 Å². The van der Waals surface area contributed by atoms with Gasteiger partial charge in [0.15, 0.2) is 12.3 Å². The Morgan fingerprint density at radius 1 is 0.733 bits per heavy atom. The van der Waals surface area contributed by atoms with E-state index < -0.39 is 95.9 Å². The summed E-state index contributed by atoms with van der Waals surface area (Å²) in [5.41, 5.74) is 4.57. The summed E-state index contributed by atoms with van der Waals surface area (Å²) in [4.78, 5) is 62.1. The number of aliphatic hydroxyl groups is 4. The summed E-state index contributed by atoms with van der Waals surface area (Å²) >= 11 is 0. The van der Waals surface area contributed by atoms with Crippen LogP contribution in [-0.2, 0) is 46.3 Å². The molecule has 75 heavy (non-hydrogen) atoms. The fourth-order valence-corrected chi connectivity index (χ4v) is 10.3. The van der Waals surface area contributed by atoms with Crippen LogP contribution in [0.5, 0.6) is 0 Å². The number of nitrogens with zero attached hydrogens (tertiary/aromatic N) is 2. The summed E-state index contributed by atoms with van der Waals surface area (Å²) < 4.78 is 56.7. The van der Waals surface area contributed by atoms with Gasteiger partial charge in [0.25, 0.3) is 0 Å². The van der Waals surface area contributed by atoms with Crippen LogP contribution in [0.2, 0.25) is 0 Å². The minimum atomic E-state index is -5.49. The summed E-state index contributed by atoms with van der Waals surface area (Å²) in [5, 5.41) is 41.8. The number of carbonyl (C=O) groups excluding carboxylic acids is 2. The zero-order valence-corrected chi connectivity index (χ0v) is 46.8. The Balaban J connectivity index is 1.84. The molecule has 5 unspecified atom stereocenters. The number of ether oxygens (including phenoxy) is 3. The highest BCUT2D eigenvalue weighted by molar-refractivity contribution is 7.61. The molecule has 0 saturated carbocycles. The lowest BCUT2D eigenvalue weighted by Gasteiger charge is -2.21. The molecular weight excluding hydrogens is 1010 g/mol. The van der Waals surface area contributed by atoms with Crippen molar-refractivity contribution >= 4 is 33.4 Å². The number of rotatable bonds is 45. The van der Waals surface area contributed by atoms with E-state index in [-0.39, 0.29) is 37.9 Å². The number of unbranched alkanes of at least 4 members (excludes halogenated alkanes) is 16. The number of esters is 2. The standard InChI is InChI=1S/C53H93N3O17P2/c1-4-6-7-8-9-10-11-17-20-23-26-29-33-44(57)45(58)34-31-36-48(59)68-39-43(71-49(60)35-30-27-24-21-18-15-13-12-14-16-19-22-25-28-32-42(3)5-2)40-69-74(64,65)73-75(66,67)70-41-46-50(61)51(62)52(72-46)56-38-37-47(54)55-53(56)63/h9-10,17,20,26,29,37-38,42-46,50-52,57-58,61-62H,4-8,11-16,18-19,21-25,27-28,30-36,39-41H2,1-3H3,(H,64,65)(H,66,67)(H2,54,55,63)/b10-9-,20-17-,29-26-/t42?,43-,44?,45?,46-,50-,51-,52-/m1/s1. The summed E-state index contributed by atoms with van der Waals surface area (Å²) in [5.74, 6) is -0.757. The van der Waals surface area contributed by atoms with Crippen LogP contribution < -0.4 is 11.4 Å². The van der Waals surface area contributed by atoms with Crippen LogP contribution in [0.1, 0.15) is 200 Å². The Morgan fingerprint density at radius 2 is 1.31 bits per heavy atom. The lowest BCUT2D eigenvalue weighted by molar-refractivity contribution is -0.161. The number of anilines is 1. The van der Waals surface area contributed by atoms with Gasteiger partial charge < -0.3 is 50.2 Å². The minimum absolute atomic E-state index is 0.00782. The van der Waals surface area contributed by atoms with Gasteiger partial charge in [-0.2, -0.15) is 9.29 Å². The van der Waals surface area contributed by atoms with E-state index in [4.69, 9.17) is 29.0 Å². The third-order valence-corrected chi connectivity index (χ3v) is 15.6. The largest absolute Gasteiger partial charge is 0.481 e. The molecule has 2 rings (SSSR count). The Morgan fingerprint density at radius 3 is 1.92 bits per heavy atom. The van der Waals surface area contributed by atoms with E-state index in [2.05, 4.69) is 48.3 Å². The first-order valence-corrected chi connectivity index (χ1v) is 30.6. The smallest absolute Gasteiger partial charge is 0.462 e. The maximum atomic E-state index is 12.9. The highest BCUT2D eigenvalue weighted by atomic mass is 31.3. The van der Waals surface area contributed by atoms with E-state index in [0.29, 0.717) is 12.8 Å². The fraction of sp³-hybridized carbons (Fsp3) is 0.774. The zero-order valence-electron chi connectivity index (χ0n) is 45.0. The van der Waals surface area contributed by atoms with Gasteiger partial charge in [0.2, 0.25) is 0 Å². The molecule has 0 aliphatic carbocycles. The summed E-state index contributed by atoms with van der Waals surface area (Å²) in [7, 11) is -11.0. The van der Waals surface area contributed by atoms with Crippen molar-refractivity contribution in [1.82, 2.24) is 9.55 Å². The monoisotopic (exact) mass is 1110 g/mol. The minimum Gasteiger partial charge on any atom is -0.462 e. The fourth-order valence-electron chi connectivity index (χ4n) is 8.16. The number of allylic oxidation sites excluding steroid dienone is 5. The first-order chi connectivity index (χ1) is 35.9. The van der Waals surface area contributed by atoms with Crippen molar-refractivity contribution < 1.29 is 76.5 Å². The normalized spacial score (nSPS) is 20.3. The van der Waals surface area contributed by atoms with Gasteiger partial charge >= 0.3 is 33.3 Å². The number of phosphoric ester groups is 2. The summed E-state index contributed by atoms with van der Waals surface area (Å²) in [6, 6.07) is 1.23. The van der Waals surface area contributed by atoms with Crippen LogP contribution in [0.3, 0.4) is 0 Å². The van der Waals surface area contributed by atoms with E-state index >= 15 is 0 Å². The SMILES string of the molecule is CCCCC/C=C\C/C=C\C/C=C\CC(O)C(O)CCCC(=O)OC[C@H](COP(=O)(O)OP(=O)(O)OC[C@H]1O[C@@H](n2ccc(N)nc2=O)[C@H](O)[C@@H]1O)OC(=O)CCCCCCCCCCCCCCCCC(C)CC. The van der Waals surface area contributed by atoms with Crippen LogP contribution in [0, 0.1) is 5.92 Å². The number of hydrogen-bond donors (Lipinski definition) is 7. The van der Waals surface area contributed by atoms with Crippen molar-refractivity contribution in [2.24, 2.45) is 5.92 Å². The number of carbonyl (C=O) groups is 2. The Kier molecular flexibility index (Phi) is 36.4. The second-order valence-corrected chi connectivity index (χ2v) is 22.7. The zero-order chi connectivity index (χ0) is 55.3. The number of aliphatic hydroxyl groups excluding tert-OH is 4. The number of aromatic nitrogens is 2. The lowest BCUT2D eigenvalue weighted by Crippen LogP contribution is -2.36. The molecule has 0 radical (unpaired) electrons. The molecule has 1 aromatic rings. The second kappa shape index (κ2) is 40.1. The van der Waals surface area contributed by atoms with Gasteiger partial charge in [-0.25, -0.2) is 13.9 Å². The molecule has 1 aliphatic rings. The predicted octanol–water partition coefficient (Wildman–Crippen LogP) is 9.75. The van der Waals surface area contributed by atoms with Gasteiger partial charge in [0, 0.05) is 19.0 Å². The van der Waals surface area contributed by atoms with E-state index in [0.717, 1.165) is 55.2 Å². The van der Waals surface area contributed by atoms with Crippen molar-refractivity contribution in [3.8, 4) is 0 Å². The molecule has 20 nitrogen and oxygen atoms in total. The summed E-state index contributed by atoms with van der Waals surface area (Å²) in [6.45, 7) is 4.21. The van der Waals surface area contributed by atoms with Gasteiger partial charge in [0.1, 0.15) is 30.7 Å². The van der Waals surface area contributed by atoms with E-state index in [1.807, 2.05) is 12.2 Å². The lowest BCUT2D eigenvalue weighted by atomic mass is 9.99. The van der Waals surface area contributed by atoms with E-state index in [9.17, 15) is 53.7 Å². The molecule has 1 aliphatic heterocycles. The van der Waals surface area contributed by atoms with Crippen LogP contribution in [0.15, 0.2) is 53.5 Å². The third kappa shape index (κ3) is 32.4. The quantitative estimate of drug-likeness (QED) is 0.0138. The molecule has 22 heteroatoms. The van der Waals surface area contributed by atoms with Crippen molar-refractivity contribution in [3.63, 3.8) is 0 Å². The van der Waals surface area contributed by atoms with Crippen LogP contribution >= 0.6 is 15.6 Å². The van der Waals surface area contributed by atoms with E-state index in [1.165, 1.54) is 96.0 Å². The van der Waals surface area contributed by atoms with Crippen LogP contribution in [0.25, 0.3) is 0 Å². The Labute approximate surface area is 445 Å². The first kappa shape index (κ1) is 68.0. The topological polar surface area (TPSA) is 306 Å². The molecular formula is C53H93N3O17P2. The highest BCUT2D eigenvalue weighted by Gasteiger charge is 2.46. The van der Waals surface area contributed by atoms with Gasteiger partial charge in [0.05, 0.1) is 25.4 Å². The van der Waals surface area contributed by atoms with Crippen molar-refractivity contribution in [2.45, 2.75) is 237 Å². The van der Waals surface area contributed by atoms with Crippen molar-refractivity contribution in [2.75, 3.05) is 25.6 Å². The Bertz CT molecular complexity index is 1950. The van der Waals surface area contributed by atoms with Crippen LogP contribution in [-0.4, -0.2) is 108 Å². The number of nitrogen functional groups attached to an aromatic ring is 1. The van der Waals surface area contributed by atoms with Gasteiger partial charge in [-0.1, -0.05) is 166 Å². The molecule has 1 saturated heterocycles. The molecule has 0 amide bonds. The molecule has 1 aromatic heterocycles. The van der Waals surface area contributed by atoms with Crippen molar-refractivity contribution in [1.29, 1.82) is 0 Å². The molecule has 0 spiro atoms. The average molecular weight is 1110 g/mol. The van der Waals surface area contributed by atoms with Gasteiger partial charge in [-0.15, -0.1) is 0 Å². The van der Waals surface area contributed by atoms with Crippen molar-refractivity contribution in [3.05, 3.63) is 59.2 Å². The first-order valence-electron chi connectivity index (χ1n) is 27.6. The molecule has 2 heterocycles. The average Bonchev–Trinajstić information content (AvgIpc) is 3.64.